The summed E-state index contributed by atoms with van der Waals surface area (Å²) >= 11 is 0. The summed E-state index contributed by atoms with van der Waals surface area (Å²) in [5.74, 6) is -0.487. The Kier molecular flexibility index (Phi) is 4.75. The molecule has 178 valence electrons. The van der Waals surface area contributed by atoms with Gasteiger partial charge in [0.25, 0.3) is 5.56 Å². The average Bonchev–Trinajstić information content (AvgIpc) is 3.19. The SMILES string of the molecule is CN(c1cc2oc3c4ccc(F)cc4[nH]c(=O)c3c2cc1B1OC(C)(C)C(C)(C)O1)S(C)(=O)=O. The summed E-state index contributed by atoms with van der Waals surface area (Å²) in [5, 5.41) is 1.28. The molecule has 2 aromatic heterocycles. The van der Waals surface area contributed by atoms with Crippen LogP contribution in [-0.4, -0.2) is 45.0 Å². The fourth-order valence-corrected chi connectivity index (χ4v) is 4.69. The van der Waals surface area contributed by atoms with Crippen LogP contribution in [-0.2, 0) is 19.3 Å². The van der Waals surface area contributed by atoms with E-state index in [1.165, 1.54) is 25.2 Å². The maximum Gasteiger partial charge on any atom is 0.497 e. The van der Waals surface area contributed by atoms with Gasteiger partial charge < -0.3 is 18.7 Å². The van der Waals surface area contributed by atoms with Gasteiger partial charge in [0.05, 0.1) is 34.0 Å². The zero-order valence-corrected chi connectivity index (χ0v) is 20.5. The molecule has 1 saturated heterocycles. The molecule has 3 heterocycles. The van der Waals surface area contributed by atoms with Crippen molar-refractivity contribution in [1.29, 1.82) is 0 Å². The van der Waals surface area contributed by atoms with Gasteiger partial charge in [-0.25, -0.2) is 12.8 Å². The van der Waals surface area contributed by atoms with E-state index in [-0.39, 0.29) is 11.0 Å². The van der Waals surface area contributed by atoms with E-state index in [1.807, 2.05) is 27.7 Å². The lowest BCUT2D eigenvalue weighted by atomic mass is 9.77. The number of sulfonamides is 1. The molecule has 0 amide bonds. The van der Waals surface area contributed by atoms with Crippen molar-refractivity contribution >= 4 is 61.1 Å². The third-order valence-corrected chi connectivity index (χ3v) is 8.07. The Hall–Kier alpha value is -2.89. The number of H-pyrrole nitrogens is 1. The molecular weight excluding hydrogens is 462 g/mol. The first kappa shape index (κ1) is 22.9. The van der Waals surface area contributed by atoms with E-state index in [1.54, 1.807) is 12.1 Å². The van der Waals surface area contributed by atoms with Crippen LogP contribution in [0.4, 0.5) is 10.1 Å². The number of halogens is 1. The summed E-state index contributed by atoms with van der Waals surface area (Å²) in [5.41, 5.74) is -0.129. The molecule has 4 aromatic rings. The van der Waals surface area contributed by atoms with E-state index in [9.17, 15) is 17.6 Å². The quantitative estimate of drug-likeness (QED) is 0.446. The number of benzene rings is 2. The van der Waals surface area contributed by atoms with Crippen LogP contribution < -0.4 is 15.3 Å². The minimum Gasteiger partial charge on any atom is -0.455 e. The number of nitrogens with one attached hydrogen (secondary N) is 1. The number of anilines is 1. The van der Waals surface area contributed by atoms with Gasteiger partial charge in [-0.3, -0.25) is 9.10 Å². The standard InChI is InChI=1S/C23H24BFN2O6S/c1-22(2)23(3,4)33-24(32-22)15-10-14-18(11-17(15)27(5)34(6,29)30)31-20-13-8-7-12(25)9-16(13)26-21(28)19(14)20/h7-11H,1-6H3,(H,26,28). The number of aromatic nitrogens is 1. The van der Waals surface area contributed by atoms with Crippen LogP contribution in [0.5, 0.6) is 0 Å². The van der Waals surface area contributed by atoms with Gasteiger partial charge in [0.15, 0.2) is 0 Å². The first-order valence-corrected chi connectivity index (χ1v) is 12.6. The molecule has 5 rings (SSSR count). The van der Waals surface area contributed by atoms with Gasteiger partial charge in [0, 0.05) is 29.3 Å². The van der Waals surface area contributed by atoms with Crippen LogP contribution in [0, 0.1) is 5.82 Å². The lowest BCUT2D eigenvalue weighted by Crippen LogP contribution is -2.41. The second-order valence-electron chi connectivity index (χ2n) is 9.68. The lowest BCUT2D eigenvalue weighted by Gasteiger charge is -2.32. The molecular formula is C23H24BFN2O6S. The summed E-state index contributed by atoms with van der Waals surface area (Å²) in [6.45, 7) is 7.59. The van der Waals surface area contributed by atoms with Crippen molar-refractivity contribution < 1.29 is 26.5 Å². The van der Waals surface area contributed by atoms with Gasteiger partial charge in [-0.1, -0.05) is 0 Å². The number of rotatable bonds is 3. The highest BCUT2D eigenvalue weighted by Crippen LogP contribution is 2.39. The molecule has 0 unspecified atom stereocenters. The molecule has 0 spiro atoms. The molecule has 0 aliphatic carbocycles. The van der Waals surface area contributed by atoms with E-state index in [0.29, 0.717) is 33.0 Å². The molecule has 1 N–H and O–H groups in total. The third-order valence-electron chi connectivity index (χ3n) is 6.88. The van der Waals surface area contributed by atoms with Gasteiger partial charge in [0.2, 0.25) is 10.0 Å². The highest BCUT2D eigenvalue weighted by atomic mass is 32.2. The van der Waals surface area contributed by atoms with Crippen molar-refractivity contribution in [3.8, 4) is 0 Å². The van der Waals surface area contributed by atoms with Crippen LogP contribution in [0.2, 0.25) is 0 Å². The van der Waals surface area contributed by atoms with Gasteiger partial charge >= 0.3 is 7.12 Å². The van der Waals surface area contributed by atoms with E-state index < -0.39 is 39.7 Å². The van der Waals surface area contributed by atoms with Crippen molar-refractivity contribution in [1.82, 2.24) is 4.98 Å². The Morgan fingerprint density at radius 1 is 1.03 bits per heavy atom. The number of nitrogens with zero attached hydrogens (tertiary/aromatic N) is 1. The molecule has 1 aliphatic rings. The molecule has 34 heavy (non-hydrogen) atoms. The maximum absolute atomic E-state index is 13.7. The third kappa shape index (κ3) is 3.33. The predicted molar refractivity (Wildman–Crippen MR) is 131 cm³/mol. The van der Waals surface area contributed by atoms with Crippen molar-refractivity contribution in [2.45, 2.75) is 38.9 Å². The highest BCUT2D eigenvalue weighted by molar-refractivity contribution is 7.92. The van der Waals surface area contributed by atoms with Crippen LogP contribution in [0.1, 0.15) is 27.7 Å². The molecule has 11 heteroatoms. The van der Waals surface area contributed by atoms with E-state index in [2.05, 4.69) is 4.98 Å². The Bertz CT molecular complexity index is 1640. The summed E-state index contributed by atoms with van der Waals surface area (Å²) in [4.78, 5) is 15.7. The molecule has 8 nitrogen and oxygen atoms in total. The first-order valence-electron chi connectivity index (χ1n) is 10.7. The normalized spacial score (nSPS) is 17.8. The van der Waals surface area contributed by atoms with Crippen LogP contribution in [0.15, 0.2) is 39.5 Å². The van der Waals surface area contributed by atoms with Crippen molar-refractivity contribution in [3.05, 3.63) is 46.5 Å². The summed E-state index contributed by atoms with van der Waals surface area (Å²) < 4.78 is 58.2. The molecule has 1 aliphatic heterocycles. The van der Waals surface area contributed by atoms with Crippen LogP contribution >= 0.6 is 0 Å². The van der Waals surface area contributed by atoms with Gasteiger partial charge in [-0.15, -0.1) is 0 Å². The molecule has 0 atom stereocenters. The number of hydrogen-bond acceptors (Lipinski definition) is 6. The van der Waals surface area contributed by atoms with E-state index >= 15 is 0 Å². The fraction of sp³-hybridized carbons (Fsp3) is 0.348. The number of fused-ring (bicyclic) bond motifs is 5. The predicted octanol–water partition coefficient (Wildman–Crippen LogP) is 3.26. The minimum absolute atomic E-state index is 0.278. The number of hydrogen-bond donors (Lipinski definition) is 1. The fourth-order valence-electron chi connectivity index (χ4n) is 4.18. The van der Waals surface area contributed by atoms with Crippen LogP contribution in [0.25, 0.3) is 32.8 Å². The van der Waals surface area contributed by atoms with E-state index in [4.69, 9.17) is 13.7 Å². The molecule has 0 bridgehead atoms. The topological polar surface area (TPSA) is 102 Å². The smallest absolute Gasteiger partial charge is 0.455 e. The van der Waals surface area contributed by atoms with Crippen molar-refractivity contribution in [3.63, 3.8) is 0 Å². The van der Waals surface area contributed by atoms with Gasteiger partial charge in [-0.2, -0.15) is 0 Å². The zero-order valence-electron chi connectivity index (χ0n) is 19.6. The first-order chi connectivity index (χ1) is 15.7. The second kappa shape index (κ2) is 7.06. The Balaban J connectivity index is 1.85. The Morgan fingerprint density at radius 3 is 2.29 bits per heavy atom. The monoisotopic (exact) mass is 486 g/mol. The summed E-state index contributed by atoms with van der Waals surface area (Å²) in [6, 6.07) is 7.27. The summed E-state index contributed by atoms with van der Waals surface area (Å²) in [7, 11) is -3.09. The number of aromatic amines is 1. The minimum atomic E-state index is -3.64. The van der Waals surface area contributed by atoms with Gasteiger partial charge in [0.1, 0.15) is 17.0 Å². The summed E-state index contributed by atoms with van der Waals surface area (Å²) in [6.07, 6.45) is 1.09. The molecule has 1 fully saturated rings. The average molecular weight is 486 g/mol. The largest absolute Gasteiger partial charge is 0.497 e. The highest BCUT2D eigenvalue weighted by Gasteiger charge is 2.52. The van der Waals surface area contributed by atoms with Crippen molar-refractivity contribution in [2.24, 2.45) is 0 Å². The lowest BCUT2D eigenvalue weighted by molar-refractivity contribution is 0.00578. The zero-order chi connectivity index (χ0) is 24.8. The Labute approximate surface area is 195 Å². The van der Waals surface area contributed by atoms with E-state index in [0.717, 1.165) is 10.6 Å². The number of pyridine rings is 1. The maximum atomic E-state index is 13.7. The molecule has 0 saturated carbocycles. The van der Waals surface area contributed by atoms with Crippen molar-refractivity contribution in [2.75, 3.05) is 17.6 Å². The van der Waals surface area contributed by atoms with Gasteiger partial charge in [-0.05, 0) is 52.0 Å². The van der Waals surface area contributed by atoms with Crippen LogP contribution in [0.3, 0.4) is 0 Å². The molecule has 0 radical (unpaired) electrons. The molecule has 2 aromatic carbocycles. The number of furan rings is 1. The Morgan fingerprint density at radius 2 is 1.68 bits per heavy atom. The second-order valence-corrected chi connectivity index (χ2v) is 11.7.